The summed E-state index contributed by atoms with van der Waals surface area (Å²) in [4.78, 5) is 8.58. The molecule has 0 saturated carbocycles. The molecule has 0 spiro atoms. The zero-order valence-corrected chi connectivity index (χ0v) is 10.4. The van der Waals surface area contributed by atoms with Gasteiger partial charge in [0.1, 0.15) is 17.5 Å². The molecule has 2 rings (SSSR count). The van der Waals surface area contributed by atoms with Crippen LogP contribution in [0.15, 0.2) is 6.07 Å². The highest BCUT2D eigenvalue weighted by atomic mass is 16.5. The maximum absolute atomic E-state index is 5.75. The zero-order valence-electron chi connectivity index (χ0n) is 10.4. The molecule has 2 unspecified atom stereocenters. The van der Waals surface area contributed by atoms with E-state index in [0.29, 0.717) is 17.8 Å². The molecular formula is C12H20N4O. The maximum Gasteiger partial charge on any atom is 0.132 e. The second-order valence-corrected chi connectivity index (χ2v) is 4.50. The van der Waals surface area contributed by atoms with Gasteiger partial charge in [-0.05, 0) is 13.3 Å². The fraction of sp³-hybridized carbons (Fsp3) is 0.667. The van der Waals surface area contributed by atoms with Gasteiger partial charge >= 0.3 is 0 Å². The van der Waals surface area contributed by atoms with Crippen LogP contribution in [-0.2, 0) is 11.2 Å². The first-order chi connectivity index (χ1) is 8.19. The van der Waals surface area contributed by atoms with E-state index in [4.69, 9.17) is 10.5 Å². The third-order valence-electron chi connectivity index (χ3n) is 3.16. The summed E-state index contributed by atoms with van der Waals surface area (Å²) in [6, 6.07) is 2.13. The molecule has 2 atom stereocenters. The van der Waals surface area contributed by atoms with Crippen LogP contribution in [0.3, 0.4) is 0 Å². The Balaban J connectivity index is 2.04. The Morgan fingerprint density at radius 3 is 3.06 bits per heavy atom. The molecule has 1 aliphatic heterocycles. The highest BCUT2D eigenvalue weighted by Crippen LogP contribution is 2.20. The van der Waals surface area contributed by atoms with Gasteiger partial charge in [-0.1, -0.05) is 6.92 Å². The van der Waals surface area contributed by atoms with E-state index in [1.807, 2.05) is 6.92 Å². The lowest BCUT2D eigenvalue weighted by Crippen LogP contribution is -2.26. The third-order valence-corrected chi connectivity index (χ3v) is 3.16. The number of ether oxygens (including phenoxy) is 1. The average Bonchev–Trinajstić information content (AvgIpc) is 2.81. The molecule has 3 N–H and O–H groups in total. The highest BCUT2D eigenvalue weighted by molar-refractivity contribution is 5.45. The lowest BCUT2D eigenvalue weighted by Gasteiger charge is -2.20. The topological polar surface area (TPSA) is 73.1 Å². The van der Waals surface area contributed by atoms with Gasteiger partial charge < -0.3 is 15.8 Å². The molecule has 0 bridgehead atoms. The largest absolute Gasteiger partial charge is 0.384 e. The van der Waals surface area contributed by atoms with E-state index in [1.165, 1.54) is 0 Å². The van der Waals surface area contributed by atoms with Crippen molar-refractivity contribution in [1.82, 2.24) is 9.97 Å². The predicted octanol–water partition coefficient (Wildman–Crippen LogP) is 1.46. The van der Waals surface area contributed by atoms with Crippen molar-refractivity contribution >= 4 is 11.6 Å². The molecule has 0 aromatic carbocycles. The molecule has 0 radical (unpaired) electrons. The average molecular weight is 236 g/mol. The first kappa shape index (κ1) is 12.1. The van der Waals surface area contributed by atoms with Crippen molar-refractivity contribution in [3.05, 3.63) is 11.9 Å². The summed E-state index contributed by atoms with van der Waals surface area (Å²) in [7, 11) is 0. The van der Waals surface area contributed by atoms with Crippen LogP contribution < -0.4 is 11.1 Å². The van der Waals surface area contributed by atoms with Crippen LogP contribution in [0.1, 0.15) is 26.1 Å². The van der Waals surface area contributed by atoms with Crippen LogP contribution in [0.2, 0.25) is 0 Å². The Hall–Kier alpha value is -1.36. The van der Waals surface area contributed by atoms with Crippen molar-refractivity contribution in [1.29, 1.82) is 0 Å². The number of hydrogen-bond donors (Lipinski definition) is 2. The molecule has 1 aromatic heterocycles. The second kappa shape index (κ2) is 5.31. The van der Waals surface area contributed by atoms with Crippen LogP contribution in [0.4, 0.5) is 11.6 Å². The van der Waals surface area contributed by atoms with Crippen molar-refractivity contribution in [3.63, 3.8) is 0 Å². The summed E-state index contributed by atoms with van der Waals surface area (Å²) in [6.07, 6.45) is 1.90. The quantitative estimate of drug-likeness (QED) is 0.828. The lowest BCUT2D eigenvalue weighted by molar-refractivity contribution is 0.183. The predicted molar refractivity (Wildman–Crippen MR) is 67.8 cm³/mol. The van der Waals surface area contributed by atoms with Gasteiger partial charge in [-0.2, -0.15) is 0 Å². The number of nitrogens with two attached hydrogens (primary N) is 1. The van der Waals surface area contributed by atoms with Gasteiger partial charge in [-0.3, -0.25) is 0 Å². The van der Waals surface area contributed by atoms with Crippen molar-refractivity contribution in [2.45, 2.75) is 32.7 Å². The van der Waals surface area contributed by atoms with Gasteiger partial charge in [0, 0.05) is 31.1 Å². The Bertz CT molecular complexity index is 377. The van der Waals surface area contributed by atoms with Crippen molar-refractivity contribution in [3.8, 4) is 0 Å². The smallest absolute Gasteiger partial charge is 0.132 e. The van der Waals surface area contributed by atoms with Crippen molar-refractivity contribution in [2.24, 2.45) is 5.92 Å². The third kappa shape index (κ3) is 3.06. The van der Waals surface area contributed by atoms with E-state index < -0.39 is 0 Å². The van der Waals surface area contributed by atoms with Gasteiger partial charge in [0.25, 0.3) is 0 Å². The Morgan fingerprint density at radius 1 is 1.59 bits per heavy atom. The normalized spacial score (nSPS) is 21.4. The summed E-state index contributed by atoms with van der Waals surface area (Å²) in [6.45, 7) is 5.87. The second-order valence-electron chi connectivity index (χ2n) is 4.50. The number of aryl methyl sites for hydroxylation is 1. The fourth-order valence-electron chi connectivity index (χ4n) is 2.05. The number of nitrogen functional groups attached to an aromatic ring is 1. The molecule has 1 aromatic rings. The summed E-state index contributed by atoms with van der Waals surface area (Å²) in [5, 5.41) is 3.39. The fourth-order valence-corrected chi connectivity index (χ4v) is 2.05. The standard InChI is InChI=1S/C12H20N4O/c1-3-11-15-10(13)6-12(16-11)14-8(2)9-4-5-17-7-9/h6,8-9H,3-5,7H2,1-2H3,(H3,13,14,15,16). The molecule has 0 amide bonds. The van der Waals surface area contributed by atoms with E-state index in [-0.39, 0.29) is 0 Å². The molecule has 1 saturated heterocycles. The minimum Gasteiger partial charge on any atom is -0.384 e. The summed E-state index contributed by atoms with van der Waals surface area (Å²) < 4.78 is 5.39. The molecule has 5 nitrogen and oxygen atoms in total. The van der Waals surface area contributed by atoms with Crippen LogP contribution in [0, 0.1) is 5.92 Å². The molecule has 1 aliphatic rings. The van der Waals surface area contributed by atoms with E-state index in [0.717, 1.165) is 37.7 Å². The highest BCUT2D eigenvalue weighted by Gasteiger charge is 2.22. The molecule has 5 heteroatoms. The molecule has 2 heterocycles. The van der Waals surface area contributed by atoms with Crippen LogP contribution in [0.25, 0.3) is 0 Å². The van der Waals surface area contributed by atoms with Crippen LogP contribution in [-0.4, -0.2) is 29.2 Å². The van der Waals surface area contributed by atoms with Gasteiger partial charge in [0.2, 0.25) is 0 Å². The molecule has 0 aliphatic carbocycles. The van der Waals surface area contributed by atoms with Gasteiger partial charge in [-0.15, -0.1) is 0 Å². The number of aromatic nitrogens is 2. The van der Waals surface area contributed by atoms with E-state index in [1.54, 1.807) is 6.07 Å². The number of nitrogens with one attached hydrogen (secondary N) is 1. The zero-order chi connectivity index (χ0) is 12.3. The van der Waals surface area contributed by atoms with Crippen LogP contribution in [0.5, 0.6) is 0 Å². The van der Waals surface area contributed by atoms with Crippen molar-refractivity contribution in [2.75, 3.05) is 24.3 Å². The number of rotatable bonds is 4. The van der Waals surface area contributed by atoms with Gasteiger partial charge in [0.15, 0.2) is 0 Å². The lowest BCUT2D eigenvalue weighted by atomic mass is 10.0. The minimum atomic E-state index is 0.344. The minimum absolute atomic E-state index is 0.344. The summed E-state index contributed by atoms with van der Waals surface area (Å²) in [5.41, 5.74) is 5.75. The Kier molecular flexibility index (Phi) is 3.78. The monoisotopic (exact) mass is 236 g/mol. The Morgan fingerprint density at radius 2 is 2.41 bits per heavy atom. The summed E-state index contributed by atoms with van der Waals surface area (Å²) >= 11 is 0. The van der Waals surface area contributed by atoms with Gasteiger partial charge in [-0.25, -0.2) is 9.97 Å². The first-order valence-electron chi connectivity index (χ1n) is 6.16. The number of hydrogen-bond acceptors (Lipinski definition) is 5. The van der Waals surface area contributed by atoms with E-state index in [2.05, 4.69) is 22.2 Å². The molecule has 17 heavy (non-hydrogen) atoms. The van der Waals surface area contributed by atoms with E-state index in [9.17, 15) is 0 Å². The SMILES string of the molecule is CCc1nc(N)cc(NC(C)C2CCOC2)n1. The van der Waals surface area contributed by atoms with Crippen LogP contribution >= 0.6 is 0 Å². The molecule has 94 valence electrons. The molecular weight excluding hydrogens is 216 g/mol. The first-order valence-corrected chi connectivity index (χ1v) is 6.16. The van der Waals surface area contributed by atoms with Crippen molar-refractivity contribution < 1.29 is 4.74 Å². The Labute approximate surface area is 102 Å². The molecule has 1 fully saturated rings. The number of nitrogens with zero attached hydrogens (tertiary/aromatic N) is 2. The maximum atomic E-state index is 5.75. The van der Waals surface area contributed by atoms with E-state index >= 15 is 0 Å². The number of anilines is 2. The van der Waals surface area contributed by atoms with Gasteiger partial charge in [0.05, 0.1) is 6.61 Å². The summed E-state index contributed by atoms with van der Waals surface area (Å²) in [5.74, 6) is 2.67.